The van der Waals surface area contributed by atoms with Gasteiger partial charge in [0, 0.05) is 0 Å². The molecule has 0 N–H and O–H groups in total. The van der Waals surface area contributed by atoms with Gasteiger partial charge in [-0.05, 0) is 29.9 Å². The van der Waals surface area contributed by atoms with Gasteiger partial charge in [0.25, 0.3) is 0 Å². The summed E-state index contributed by atoms with van der Waals surface area (Å²) in [6.45, 7) is 4.03. The summed E-state index contributed by atoms with van der Waals surface area (Å²) in [5.74, 6) is 0.0135. The van der Waals surface area contributed by atoms with Crippen LogP contribution in [0.2, 0.25) is 5.02 Å². The molecule has 1 aromatic rings. The Morgan fingerprint density at radius 2 is 1.85 bits per heavy atom. The summed E-state index contributed by atoms with van der Waals surface area (Å²) in [7, 11) is 0. The number of benzene rings is 1. The predicted molar refractivity (Wildman–Crippen MR) is 60.4 cm³/mol. The normalized spacial score (nSPS) is 9.46. The minimum atomic E-state index is -0.335. The highest BCUT2D eigenvalue weighted by Crippen LogP contribution is 2.20. The Hall–Kier alpha value is -0.210. The van der Waals surface area contributed by atoms with E-state index in [9.17, 15) is 4.39 Å². The molecule has 0 saturated heterocycles. The number of thiol groups is 1. The van der Waals surface area contributed by atoms with Gasteiger partial charge in [0.05, 0.1) is 5.02 Å². The van der Waals surface area contributed by atoms with Crippen molar-refractivity contribution < 1.29 is 4.39 Å². The van der Waals surface area contributed by atoms with Crippen molar-refractivity contribution in [3.8, 4) is 0 Å². The molecular formula is C10H14ClFS. The molecule has 1 rings (SSSR count). The molecule has 0 bridgehead atoms. The van der Waals surface area contributed by atoms with Gasteiger partial charge in [-0.1, -0.05) is 31.5 Å². The first-order chi connectivity index (χ1) is 6.11. The second-order valence-electron chi connectivity index (χ2n) is 2.83. The second kappa shape index (κ2) is 6.28. The van der Waals surface area contributed by atoms with Gasteiger partial charge in [-0.3, -0.25) is 0 Å². The number of hydrogen-bond donors (Lipinski definition) is 1. The highest BCUT2D eigenvalue weighted by atomic mass is 35.5. The summed E-state index contributed by atoms with van der Waals surface area (Å²) in [6.07, 6.45) is 1.69. The van der Waals surface area contributed by atoms with Crippen molar-refractivity contribution in [3.63, 3.8) is 0 Å². The average Bonchev–Trinajstić information content (AvgIpc) is 2.13. The predicted octanol–water partition coefficient (Wildman–Crippen LogP) is 4.15. The fourth-order valence-corrected chi connectivity index (χ4v) is 0.989. The van der Waals surface area contributed by atoms with Gasteiger partial charge in [-0.15, -0.1) is 0 Å². The first kappa shape index (κ1) is 12.8. The molecule has 0 aliphatic heterocycles. The lowest BCUT2D eigenvalue weighted by atomic mass is 10.0. The van der Waals surface area contributed by atoms with Crippen molar-refractivity contribution in [1.29, 1.82) is 0 Å². The maximum absolute atomic E-state index is 12.8. The van der Waals surface area contributed by atoms with Crippen LogP contribution in [0.15, 0.2) is 18.2 Å². The zero-order valence-corrected chi connectivity index (χ0v) is 9.66. The van der Waals surface area contributed by atoms with Crippen LogP contribution in [0.5, 0.6) is 0 Å². The average molecular weight is 221 g/mol. The highest BCUT2D eigenvalue weighted by molar-refractivity contribution is 7.79. The minimum absolute atomic E-state index is 0.189. The molecular weight excluding hydrogens is 207 g/mol. The van der Waals surface area contributed by atoms with Gasteiger partial charge >= 0.3 is 0 Å². The Morgan fingerprint density at radius 3 is 2.23 bits per heavy atom. The van der Waals surface area contributed by atoms with E-state index < -0.39 is 0 Å². The lowest BCUT2D eigenvalue weighted by Gasteiger charge is -2.04. The Kier molecular flexibility index (Phi) is 6.17. The van der Waals surface area contributed by atoms with Crippen LogP contribution >= 0.6 is 24.2 Å². The van der Waals surface area contributed by atoms with Crippen LogP contribution in [-0.4, -0.2) is 6.26 Å². The highest BCUT2D eigenvalue weighted by Gasteiger charge is 2.02. The van der Waals surface area contributed by atoms with Crippen LogP contribution in [0.4, 0.5) is 4.39 Å². The lowest BCUT2D eigenvalue weighted by molar-refractivity contribution is 0.624. The van der Waals surface area contributed by atoms with E-state index in [1.807, 2.05) is 19.9 Å². The molecule has 0 heterocycles. The maximum Gasteiger partial charge on any atom is 0.142 e. The monoisotopic (exact) mass is 220 g/mol. The Morgan fingerprint density at radius 1 is 1.31 bits per heavy atom. The van der Waals surface area contributed by atoms with Crippen LogP contribution in [0.1, 0.15) is 25.3 Å². The third-order valence-corrected chi connectivity index (χ3v) is 1.92. The summed E-state index contributed by atoms with van der Waals surface area (Å²) in [5.41, 5.74) is 0.979. The minimum Gasteiger partial charge on any atom is -0.205 e. The molecule has 13 heavy (non-hydrogen) atoms. The van der Waals surface area contributed by atoms with Gasteiger partial charge in [-0.25, -0.2) is 4.39 Å². The van der Waals surface area contributed by atoms with Crippen LogP contribution in [0, 0.1) is 5.82 Å². The number of hydrogen-bond acceptors (Lipinski definition) is 1. The smallest absolute Gasteiger partial charge is 0.142 e. The molecule has 0 aliphatic carbocycles. The molecule has 0 atom stereocenters. The van der Waals surface area contributed by atoms with E-state index in [1.54, 1.807) is 12.3 Å². The van der Waals surface area contributed by atoms with Crippen LogP contribution in [-0.2, 0) is 0 Å². The molecule has 0 nitrogen and oxygen atoms in total. The molecule has 0 unspecified atom stereocenters. The van der Waals surface area contributed by atoms with E-state index in [0.717, 1.165) is 5.56 Å². The van der Waals surface area contributed by atoms with E-state index in [2.05, 4.69) is 12.6 Å². The van der Waals surface area contributed by atoms with Crippen LogP contribution in [0.3, 0.4) is 0 Å². The van der Waals surface area contributed by atoms with E-state index in [-0.39, 0.29) is 10.8 Å². The van der Waals surface area contributed by atoms with E-state index >= 15 is 0 Å². The van der Waals surface area contributed by atoms with Crippen LogP contribution < -0.4 is 0 Å². The summed E-state index contributed by atoms with van der Waals surface area (Å²) in [6, 6.07) is 4.91. The first-order valence-electron chi connectivity index (χ1n) is 4.01. The zero-order valence-electron chi connectivity index (χ0n) is 8.01. The molecule has 0 aromatic heterocycles. The van der Waals surface area contributed by atoms with Crippen molar-refractivity contribution >= 4 is 24.2 Å². The van der Waals surface area contributed by atoms with Crippen molar-refractivity contribution in [3.05, 3.63) is 34.6 Å². The topological polar surface area (TPSA) is 0 Å². The molecule has 74 valence electrons. The molecule has 0 aliphatic rings. The lowest BCUT2D eigenvalue weighted by Crippen LogP contribution is -1.88. The van der Waals surface area contributed by atoms with Gasteiger partial charge < -0.3 is 0 Å². The van der Waals surface area contributed by atoms with Crippen molar-refractivity contribution in [2.45, 2.75) is 19.8 Å². The third-order valence-electron chi connectivity index (χ3n) is 1.61. The van der Waals surface area contributed by atoms with Crippen molar-refractivity contribution in [2.24, 2.45) is 0 Å². The van der Waals surface area contributed by atoms with Gasteiger partial charge in [-0.2, -0.15) is 12.6 Å². The first-order valence-corrected chi connectivity index (χ1v) is 5.28. The summed E-state index contributed by atoms with van der Waals surface area (Å²) >= 11 is 9.04. The fraction of sp³-hybridized carbons (Fsp3) is 0.400. The van der Waals surface area contributed by atoms with Gasteiger partial charge in [0.1, 0.15) is 5.82 Å². The fourth-order valence-electron chi connectivity index (χ4n) is 0.871. The van der Waals surface area contributed by atoms with E-state index in [4.69, 9.17) is 11.6 Å². The quantitative estimate of drug-likeness (QED) is 0.676. The molecule has 0 amide bonds. The third kappa shape index (κ3) is 4.01. The standard InChI is InChI=1S/C9H10ClF.CH4S/c1-6(2)7-3-4-8(10)9(11)5-7;1-2/h3-6H,1-2H3;2H,1H3. The molecule has 0 fully saturated rings. The summed E-state index contributed by atoms with van der Waals surface area (Å²) in [5, 5.41) is 0.189. The second-order valence-corrected chi connectivity index (χ2v) is 3.24. The summed E-state index contributed by atoms with van der Waals surface area (Å²) < 4.78 is 12.8. The molecule has 0 saturated carbocycles. The largest absolute Gasteiger partial charge is 0.205 e. The molecule has 3 heteroatoms. The Balaban J connectivity index is 0.000000671. The van der Waals surface area contributed by atoms with Crippen molar-refractivity contribution in [2.75, 3.05) is 6.26 Å². The van der Waals surface area contributed by atoms with Crippen molar-refractivity contribution in [1.82, 2.24) is 0 Å². The number of halogens is 2. The molecule has 0 radical (unpaired) electrons. The van der Waals surface area contributed by atoms with Gasteiger partial charge in [0.2, 0.25) is 0 Å². The van der Waals surface area contributed by atoms with E-state index in [1.165, 1.54) is 6.07 Å². The van der Waals surface area contributed by atoms with Gasteiger partial charge in [0.15, 0.2) is 0 Å². The molecule has 0 spiro atoms. The Bertz CT molecular complexity index is 261. The van der Waals surface area contributed by atoms with E-state index in [0.29, 0.717) is 5.92 Å². The summed E-state index contributed by atoms with van der Waals surface area (Å²) in [4.78, 5) is 0. The molecule has 1 aromatic carbocycles. The number of rotatable bonds is 1. The van der Waals surface area contributed by atoms with Crippen LogP contribution in [0.25, 0.3) is 0 Å². The SMILES string of the molecule is CC(C)c1ccc(Cl)c(F)c1.CS. The Labute approximate surface area is 89.5 Å². The zero-order chi connectivity index (χ0) is 10.4. The maximum atomic E-state index is 12.8.